The number of aromatic nitrogens is 3. The summed E-state index contributed by atoms with van der Waals surface area (Å²) in [7, 11) is 1.61. The van der Waals surface area contributed by atoms with Crippen LogP contribution in [0, 0.1) is 13.8 Å². The number of methoxy groups -OCH3 is 1. The highest BCUT2D eigenvalue weighted by Crippen LogP contribution is 2.25. The van der Waals surface area contributed by atoms with Crippen molar-refractivity contribution < 1.29 is 14.3 Å². The van der Waals surface area contributed by atoms with Gasteiger partial charge in [-0.1, -0.05) is 12.1 Å². The van der Waals surface area contributed by atoms with Gasteiger partial charge < -0.3 is 9.47 Å². The van der Waals surface area contributed by atoms with Gasteiger partial charge in [0.2, 0.25) is 0 Å². The van der Waals surface area contributed by atoms with Crippen LogP contribution in [0.1, 0.15) is 17.0 Å². The van der Waals surface area contributed by atoms with Gasteiger partial charge in [-0.2, -0.15) is 0 Å². The van der Waals surface area contributed by atoms with E-state index in [-0.39, 0.29) is 12.0 Å². The van der Waals surface area contributed by atoms with Gasteiger partial charge in [-0.15, -0.1) is 0 Å². The average Bonchev–Trinajstić information content (AvgIpc) is 3.04. The van der Waals surface area contributed by atoms with Gasteiger partial charge in [0.05, 0.1) is 13.5 Å². The molecule has 0 bridgehead atoms. The van der Waals surface area contributed by atoms with Crippen molar-refractivity contribution in [1.29, 1.82) is 0 Å². The molecule has 28 heavy (non-hydrogen) atoms. The molecular formula is C21H19N3O4. The molecular weight excluding hydrogens is 358 g/mol. The van der Waals surface area contributed by atoms with E-state index in [0.717, 1.165) is 27.8 Å². The van der Waals surface area contributed by atoms with E-state index in [4.69, 9.17) is 9.47 Å². The van der Waals surface area contributed by atoms with Crippen molar-refractivity contribution >= 4 is 22.4 Å². The van der Waals surface area contributed by atoms with Crippen LogP contribution in [0.3, 0.4) is 0 Å². The van der Waals surface area contributed by atoms with Crippen molar-refractivity contribution in [1.82, 2.24) is 14.6 Å². The standard InChI is InChI=1S/C21H19N3O4/c1-12-18(13(2)24-19(22-12)11-20(25)23-24)10-21(26)28-17-7-5-14-4-6-16(27-3)8-15(14)9-17/h4-9,11H,10H2,1-3H3,(H,23,25). The molecule has 0 aliphatic rings. The van der Waals surface area contributed by atoms with Gasteiger partial charge in [-0.25, -0.2) is 9.50 Å². The Morgan fingerprint density at radius 3 is 2.54 bits per heavy atom. The van der Waals surface area contributed by atoms with Crippen LogP contribution in [0.25, 0.3) is 16.4 Å². The second kappa shape index (κ2) is 6.84. The summed E-state index contributed by atoms with van der Waals surface area (Å²) in [5.74, 6) is 0.802. The van der Waals surface area contributed by atoms with Crippen LogP contribution in [0.5, 0.6) is 11.5 Å². The summed E-state index contributed by atoms with van der Waals surface area (Å²) in [6.45, 7) is 3.65. The minimum Gasteiger partial charge on any atom is -0.497 e. The molecule has 0 unspecified atom stereocenters. The maximum atomic E-state index is 12.5. The number of rotatable bonds is 4. The summed E-state index contributed by atoms with van der Waals surface area (Å²) in [6, 6.07) is 12.6. The van der Waals surface area contributed by atoms with Gasteiger partial charge in [0.25, 0.3) is 5.56 Å². The largest absolute Gasteiger partial charge is 0.497 e. The van der Waals surface area contributed by atoms with Gasteiger partial charge in [-0.3, -0.25) is 14.7 Å². The molecule has 2 aromatic heterocycles. The van der Waals surface area contributed by atoms with Crippen molar-refractivity contribution in [3.63, 3.8) is 0 Å². The van der Waals surface area contributed by atoms with Crippen LogP contribution in [-0.2, 0) is 11.2 Å². The van der Waals surface area contributed by atoms with Crippen molar-refractivity contribution in [2.75, 3.05) is 7.11 Å². The average molecular weight is 377 g/mol. The molecule has 0 saturated heterocycles. The van der Waals surface area contributed by atoms with Crippen molar-refractivity contribution in [2.24, 2.45) is 0 Å². The number of aryl methyl sites for hydroxylation is 2. The zero-order chi connectivity index (χ0) is 19.8. The minimum absolute atomic E-state index is 0.0525. The highest BCUT2D eigenvalue weighted by Gasteiger charge is 2.15. The van der Waals surface area contributed by atoms with E-state index >= 15 is 0 Å². The molecule has 2 heterocycles. The van der Waals surface area contributed by atoms with Crippen LogP contribution >= 0.6 is 0 Å². The molecule has 0 aliphatic carbocycles. The first-order valence-electron chi connectivity index (χ1n) is 8.81. The molecule has 7 heteroatoms. The number of fused-ring (bicyclic) bond motifs is 2. The normalized spacial score (nSPS) is 11.1. The summed E-state index contributed by atoms with van der Waals surface area (Å²) in [5.41, 5.74) is 2.47. The number of esters is 1. The lowest BCUT2D eigenvalue weighted by Gasteiger charge is -2.11. The van der Waals surface area contributed by atoms with Crippen molar-refractivity contribution in [2.45, 2.75) is 20.3 Å². The Morgan fingerprint density at radius 2 is 1.79 bits per heavy atom. The van der Waals surface area contributed by atoms with Crippen molar-refractivity contribution in [3.05, 3.63) is 69.8 Å². The lowest BCUT2D eigenvalue weighted by atomic mass is 10.1. The van der Waals surface area contributed by atoms with Gasteiger partial charge in [0.15, 0.2) is 5.65 Å². The molecule has 4 rings (SSSR count). The van der Waals surface area contributed by atoms with Crippen LogP contribution in [0.2, 0.25) is 0 Å². The fraction of sp³-hybridized carbons (Fsp3) is 0.190. The van der Waals surface area contributed by atoms with E-state index in [0.29, 0.717) is 17.1 Å². The molecule has 0 radical (unpaired) electrons. The van der Waals surface area contributed by atoms with E-state index < -0.39 is 5.97 Å². The van der Waals surface area contributed by atoms with E-state index in [1.54, 1.807) is 23.8 Å². The minimum atomic E-state index is -0.399. The number of ether oxygens (including phenoxy) is 2. The third kappa shape index (κ3) is 3.22. The fourth-order valence-corrected chi connectivity index (χ4v) is 3.32. The summed E-state index contributed by atoms with van der Waals surface area (Å²) in [5, 5.41) is 4.63. The number of H-pyrrole nitrogens is 1. The topological polar surface area (TPSA) is 85.7 Å². The van der Waals surface area contributed by atoms with E-state index in [2.05, 4.69) is 10.1 Å². The molecule has 1 N–H and O–H groups in total. The molecule has 7 nitrogen and oxygen atoms in total. The van der Waals surface area contributed by atoms with E-state index in [9.17, 15) is 9.59 Å². The van der Waals surface area contributed by atoms with Crippen molar-refractivity contribution in [3.8, 4) is 11.5 Å². The Labute approximate surface area is 160 Å². The van der Waals surface area contributed by atoms with Crippen LogP contribution in [-0.4, -0.2) is 27.7 Å². The summed E-state index contributed by atoms with van der Waals surface area (Å²) < 4.78 is 12.4. The number of nitrogens with zero attached hydrogens (tertiary/aromatic N) is 2. The monoisotopic (exact) mass is 377 g/mol. The number of benzene rings is 2. The number of aromatic amines is 1. The third-order valence-electron chi connectivity index (χ3n) is 4.77. The first-order valence-corrected chi connectivity index (χ1v) is 8.81. The van der Waals surface area contributed by atoms with Gasteiger partial charge in [0.1, 0.15) is 11.5 Å². The number of hydrogen-bond acceptors (Lipinski definition) is 5. The molecule has 142 valence electrons. The lowest BCUT2D eigenvalue weighted by molar-refractivity contribution is -0.133. The summed E-state index contributed by atoms with van der Waals surface area (Å²) >= 11 is 0. The van der Waals surface area contributed by atoms with Gasteiger partial charge in [0, 0.05) is 23.0 Å². The SMILES string of the molecule is COc1ccc2ccc(OC(=O)Cc3c(C)nc4cc(=O)[nH]n4c3C)cc2c1. The van der Waals surface area contributed by atoms with Gasteiger partial charge in [-0.05, 0) is 48.9 Å². The quantitative estimate of drug-likeness (QED) is 0.437. The number of carbonyl (C=O) groups is 1. The number of carbonyl (C=O) groups excluding carboxylic acids is 1. The predicted molar refractivity (Wildman–Crippen MR) is 105 cm³/mol. The fourth-order valence-electron chi connectivity index (χ4n) is 3.32. The summed E-state index contributed by atoms with van der Waals surface area (Å²) in [6.07, 6.45) is 0.0525. The first kappa shape index (κ1) is 17.8. The second-order valence-corrected chi connectivity index (χ2v) is 6.60. The van der Waals surface area contributed by atoms with E-state index in [1.807, 2.05) is 38.1 Å². The highest BCUT2D eigenvalue weighted by atomic mass is 16.5. The molecule has 0 saturated carbocycles. The number of hydrogen-bond donors (Lipinski definition) is 1. The molecule has 0 amide bonds. The second-order valence-electron chi connectivity index (χ2n) is 6.60. The Kier molecular flexibility index (Phi) is 4.35. The van der Waals surface area contributed by atoms with Crippen LogP contribution in [0.15, 0.2) is 47.3 Å². The zero-order valence-electron chi connectivity index (χ0n) is 15.8. The summed E-state index contributed by atoms with van der Waals surface area (Å²) in [4.78, 5) is 28.5. The molecule has 0 aliphatic heterocycles. The Hall–Kier alpha value is -3.61. The predicted octanol–water partition coefficient (Wildman–Crippen LogP) is 2.95. The first-order chi connectivity index (χ1) is 13.4. The van der Waals surface area contributed by atoms with Crippen LogP contribution < -0.4 is 15.0 Å². The molecule has 0 spiro atoms. The Bertz CT molecular complexity index is 1270. The lowest BCUT2D eigenvalue weighted by Crippen LogP contribution is -2.16. The van der Waals surface area contributed by atoms with E-state index in [1.165, 1.54) is 6.07 Å². The third-order valence-corrected chi connectivity index (χ3v) is 4.77. The Balaban J connectivity index is 1.60. The molecule has 0 atom stereocenters. The maximum Gasteiger partial charge on any atom is 0.315 e. The zero-order valence-corrected chi connectivity index (χ0v) is 15.8. The Morgan fingerprint density at radius 1 is 1.07 bits per heavy atom. The van der Waals surface area contributed by atoms with Crippen LogP contribution in [0.4, 0.5) is 0 Å². The van der Waals surface area contributed by atoms with Gasteiger partial charge >= 0.3 is 5.97 Å². The molecule has 4 aromatic rings. The molecule has 2 aromatic carbocycles. The number of nitrogens with one attached hydrogen (secondary N) is 1. The smallest absolute Gasteiger partial charge is 0.315 e. The molecule has 0 fully saturated rings. The maximum absolute atomic E-state index is 12.5. The highest BCUT2D eigenvalue weighted by molar-refractivity contribution is 5.86.